The van der Waals surface area contributed by atoms with Crippen LogP contribution in [0.5, 0.6) is 11.5 Å². The van der Waals surface area contributed by atoms with Gasteiger partial charge in [0.25, 0.3) is 0 Å². The number of nitrogens with one attached hydrogen (secondary N) is 2. The van der Waals surface area contributed by atoms with E-state index in [1.165, 1.54) is 10.6 Å². The molecule has 0 radical (unpaired) electrons. The smallest absolute Gasteiger partial charge is 0.309 e. The summed E-state index contributed by atoms with van der Waals surface area (Å²) in [6, 6.07) is 19.8. The number of piperazine rings is 1. The zero-order valence-electron chi connectivity index (χ0n) is 20.2. The molecule has 0 unspecified atom stereocenters. The predicted octanol–water partition coefficient (Wildman–Crippen LogP) is 3.16. The van der Waals surface area contributed by atoms with Gasteiger partial charge in [0.05, 0.1) is 6.04 Å². The molecule has 2 aliphatic rings. The van der Waals surface area contributed by atoms with Crippen LogP contribution in [0, 0.1) is 0 Å². The minimum Gasteiger partial charge on any atom is -0.454 e. The van der Waals surface area contributed by atoms with E-state index in [1.54, 1.807) is 17.4 Å². The molecule has 5 rings (SSSR count). The van der Waals surface area contributed by atoms with Gasteiger partial charge in [-0.15, -0.1) is 11.3 Å². The number of rotatable bonds is 7. The van der Waals surface area contributed by atoms with Gasteiger partial charge in [-0.05, 0) is 48.2 Å². The Morgan fingerprint density at radius 1 is 0.944 bits per heavy atom. The summed E-state index contributed by atoms with van der Waals surface area (Å²) in [6.07, 6.45) is 0. The van der Waals surface area contributed by atoms with Gasteiger partial charge in [-0.3, -0.25) is 14.5 Å². The highest BCUT2D eigenvalue weighted by Gasteiger charge is 2.32. The number of fused-ring (bicyclic) bond motifs is 1. The molecular formula is C27H30N4O4S. The SMILES string of the molecule is C[C@@H](NC(=O)C(=O)NCc1ccc2c(c1)OCO2)[C@H](c1cccs1)N1CCN(c2ccccc2)CC1. The summed E-state index contributed by atoms with van der Waals surface area (Å²) in [5.41, 5.74) is 2.06. The Balaban J connectivity index is 1.18. The molecule has 3 heterocycles. The van der Waals surface area contributed by atoms with Crippen molar-refractivity contribution < 1.29 is 19.1 Å². The third-order valence-electron chi connectivity index (χ3n) is 6.59. The molecule has 2 amide bonds. The highest BCUT2D eigenvalue weighted by Crippen LogP contribution is 2.32. The molecule has 3 aromatic rings. The van der Waals surface area contributed by atoms with Crippen molar-refractivity contribution in [2.75, 3.05) is 37.9 Å². The van der Waals surface area contributed by atoms with E-state index in [0.717, 1.165) is 31.7 Å². The fraction of sp³-hybridized carbons (Fsp3) is 0.333. The lowest BCUT2D eigenvalue weighted by Gasteiger charge is -2.42. The maximum Gasteiger partial charge on any atom is 0.309 e. The quantitative estimate of drug-likeness (QED) is 0.479. The van der Waals surface area contributed by atoms with Gasteiger partial charge in [-0.2, -0.15) is 0 Å². The van der Waals surface area contributed by atoms with Crippen LogP contribution in [0.4, 0.5) is 5.69 Å². The highest BCUT2D eigenvalue weighted by molar-refractivity contribution is 7.10. The maximum atomic E-state index is 12.8. The number of hydrogen-bond donors (Lipinski definition) is 2. The maximum absolute atomic E-state index is 12.8. The molecule has 0 bridgehead atoms. The Morgan fingerprint density at radius 3 is 2.47 bits per heavy atom. The topological polar surface area (TPSA) is 83.1 Å². The summed E-state index contributed by atoms with van der Waals surface area (Å²) in [4.78, 5) is 31.3. The predicted molar refractivity (Wildman–Crippen MR) is 139 cm³/mol. The fourth-order valence-electron chi connectivity index (χ4n) is 4.76. The van der Waals surface area contributed by atoms with Crippen LogP contribution < -0.4 is 25.0 Å². The van der Waals surface area contributed by atoms with Crippen molar-refractivity contribution in [2.24, 2.45) is 0 Å². The Bertz CT molecular complexity index is 1180. The molecular weight excluding hydrogens is 476 g/mol. The van der Waals surface area contributed by atoms with Crippen LogP contribution in [-0.2, 0) is 16.1 Å². The summed E-state index contributed by atoms with van der Waals surface area (Å²) < 4.78 is 10.7. The van der Waals surface area contributed by atoms with Crippen LogP contribution in [-0.4, -0.2) is 55.7 Å². The molecule has 0 saturated carbocycles. The largest absolute Gasteiger partial charge is 0.454 e. The zero-order chi connectivity index (χ0) is 24.9. The van der Waals surface area contributed by atoms with Crippen LogP contribution in [0.2, 0.25) is 0 Å². The van der Waals surface area contributed by atoms with Gasteiger partial charge in [0, 0.05) is 49.3 Å². The van der Waals surface area contributed by atoms with E-state index < -0.39 is 11.8 Å². The average molecular weight is 507 g/mol. The first-order valence-corrected chi connectivity index (χ1v) is 13.0. The molecule has 2 atom stereocenters. The molecule has 2 aliphatic heterocycles. The Labute approximate surface area is 214 Å². The summed E-state index contributed by atoms with van der Waals surface area (Å²) in [6.45, 7) is 5.94. The van der Waals surface area contributed by atoms with Crippen molar-refractivity contribution in [2.45, 2.75) is 25.6 Å². The number of amides is 2. The molecule has 2 aromatic carbocycles. The fourth-order valence-corrected chi connectivity index (χ4v) is 5.73. The number of benzene rings is 2. The van der Waals surface area contributed by atoms with Gasteiger partial charge >= 0.3 is 11.8 Å². The molecule has 1 saturated heterocycles. The van der Waals surface area contributed by atoms with Gasteiger partial charge in [0.15, 0.2) is 11.5 Å². The van der Waals surface area contributed by atoms with Gasteiger partial charge in [-0.1, -0.05) is 30.3 Å². The molecule has 0 spiro atoms. The summed E-state index contributed by atoms with van der Waals surface area (Å²) in [5, 5.41) is 7.70. The Kier molecular flexibility index (Phi) is 7.39. The van der Waals surface area contributed by atoms with Gasteiger partial charge in [-0.25, -0.2) is 0 Å². The van der Waals surface area contributed by atoms with E-state index in [4.69, 9.17) is 9.47 Å². The molecule has 36 heavy (non-hydrogen) atoms. The molecule has 1 aromatic heterocycles. The van der Waals surface area contributed by atoms with E-state index >= 15 is 0 Å². The first-order chi connectivity index (χ1) is 17.6. The lowest BCUT2D eigenvalue weighted by molar-refractivity contribution is -0.140. The van der Waals surface area contributed by atoms with E-state index in [-0.39, 0.29) is 25.4 Å². The molecule has 0 aliphatic carbocycles. The third-order valence-corrected chi connectivity index (χ3v) is 7.54. The van der Waals surface area contributed by atoms with Crippen LogP contribution in [0.1, 0.15) is 23.4 Å². The normalized spacial score (nSPS) is 16.9. The molecule has 9 heteroatoms. The minimum atomic E-state index is -0.654. The number of anilines is 1. The van der Waals surface area contributed by atoms with E-state index in [9.17, 15) is 9.59 Å². The van der Waals surface area contributed by atoms with E-state index in [0.29, 0.717) is 11.5 Å². The number of para-hydroxylation sites is 1. The summed E-state index contributed by atoms with van der Waals surface area (Å²) in [7, 11) is 0. The van der Waals surface area contributed by atoms with Crippen molar-refractivity contribution >= 4 is 28.8 Å². The lowest BCUT2D eigenvalue weighted by atomic mass is 10.0. The third kappa shape index (κ3) is 5.47. The summed E-state index contributed by atoms with van der Waals surface area (Å²) in [5.74, 6) is 0.0397. The van der Waals surface area contributed by atoms with Crippen molar-refractivity contribution in [1.82, 2.24) is 15.5 Å². The van der Waals surface area contributed by atoms with Crippen LogP contribution in [0.15, 0.2) is 66.0 Å². The molecule has 8 nitrogen and oxygen atoms in total. The zero-order valence-corrected chi connectivity index (χ0v) is 21.0. The van der Waals surface area contributed by atoms with E-state index in [2.05, 4.69) is 56.1 Å². The van der Waals surface area contributed by atoms with Crippen LogP contribution in [0.3, 0.4) is 0 Å². The highest BCUT2D eigenvalue weighted by atomic mass is 32.1. The van der Waals surface area contributed by atoms with E-state index in [1.807, 2.05) is 31.2 Å². The first kappa shape index (κ1) is 24.1. The number of nitrogens with zero attached hydrogens (tertiary/aromatic N) is 2. The van der Waals surface area contributed by atoms with Crippen molar-refractivity contribution in [1.29, 1.82) is 0 Å². The van der Waals surface area contributed by atoms with Gasteiger partial charge < -0.3 is 25.0 Å². The molecule has 188 valence electrons. The number of carbonyl (C=O) groups is 2. The molecule has 1 fully saturated rings. The monoisotopic (exact) mass is 506 g/mol. The van der Waals surface area contributed by atoms with Crippen LogP contribution in [0.25, 0.3) is 0 Å². The lowest BCUT2D eigenvalue weighted by Crippen LogP contribution is -2.53. The minimum absolute atomic E-state index is 0.00599. The van der Waals surface area contributed by atoms with Crippen LogP contribution >= 0.6 is 11.3 Å². The number of hydrogen-bond acceptors (Lipinski definition) is 7. The number of thiophene rings is 1. The first-order valence-electron chi connectivity index (χ1n) is 12.1. The van der Waals surface area contributed by atoms with Crippen molar-refractivity contribution in [3.63, 3.8) is 0 Å². The summed E-state index contributed by atoms with van der Waals surface area (Å²) >= 11 is 1.67. The Hall–Kier alpha value is -3.56. The average Bonchev–Trinajstić information content (AvgIpc) is 3.60. The van der Waals surface area contributed by atoms with Crippen molar-refractivity contribution in [3.05, 3.63) is 76.5 Å². The number of carbonyl (C=O) groups excluding carboxylic acids is 2. The second-order valence-corrected chi connectivity index (χ2v) is 9.93. The second kappa shape index (κ2) is 11.0. The van der Waals surface area contributed by atoms with Crippen molar-refractivity contribution in [3.8, 4) is 11.5 Å². The second-order valence-electron chi connectivity index (χ2n) is 8.95. The number of ether oxygens (including phenoxy) is 2. The van der Waals surface area contributed by atoms with Gasteiger partial charge in [0.1, 0.15) is 0 Å². The molecule has 2 N–H and O–H groups in total. The standard InChI is InChI=1S/C27H30N4O4S/c1-19(29-27(33)26(32)28-17-20-9-10-22-23(16-20)35-18-34-22)25(24-8-5-15-36-24)31-13-11-30(12-14-31)21-6-3-2-4-7-21/h2-10,15-16,19,25H,11-14,17-18H2,1H3,(H,28,32)(H,29,33)/t19-,25-/m1/s1. The Morgan fingerprint density at radius 2 is 1.72 bits per heavy atom. The van der Waals surface area contributed by atoms with Gasteiger partial charge in [0.2, 0.25) is 6.79 Å².